The smallest absolute Gasteiger partial charge is 0.339 e. The molecule has 5 nitrogen and oxygen atoms in total. The summed E-state index contributed by atoms with van der Waals surface area (Å²) in [6.07, 6.45) is 11.0. The van der Waals surface area contributed by atoms with Crippen LogP contribution in [0.2, 0.25) is 0 Å². The van der Waals surface area contributed by atoms with E-state index in [-0.39, 0.29) is 17.1 Å². The van der Waals surface area contributed by atoms with E-state index in [1.165, 1.54) is 0 Å². The molecule has 0 saturated heterocycles. The summed E-state index contributed by atoms with van der Waals surface area (Å²) in [6.45, 7) is 8.88. The number of aromatic carboxylic acids is 1. The lowest BCUT2D eigenvalue weighted by molar-refractivity contribution is -0.208. The van der Waals surface area contributed by atoms with Crippen LogP contribution in [0.15, 0.2) is 0 Å². The molecule has 0 bridgehead atoms. The summed E-state index contributed by atoms with van der Waals surface area (Å²) < 4.78 is 0. The van der Waals surface area contributed by atoms with Gasteiger partial charge in [-0.3, -0.25) is 0 Å². The molecule has 0 saturated carbocycles. The van der Waals surface area contributed by atoms with Gasteiger partial charge in [0, 0.05) is 5.56 Å². The molecule has 0 amide bonds. The number of carboxylic acids is 1. The van der Waals surface area contributed by atoms with E-state index in [9.17, 15) is 15.0 Å². The molecular formula is C24H40O5. The molecule has 2 N–H and O–H groups in total. The van der Waals surface area contributed by atoms with Gasteiger partial charge < -0.3 is 15.1 Å². The molecule has 5 heteroatoms. The molecule has 1 aromatic rings. The van der Waals surface area contributed by atoms with Crippen molar-refractivity contribution in [1.82, 2.24) is 0 Å². The molecule has 0 fully saturated rings. The van der Waals surface area contributed by atoms with Crippen LogP contribution in [0.3, 0.4) is 0 Å². The molecule has 1 rings (SSSR count). The molecule has 0 aromatic heterocycles. The fourth-order valence-corrected chi connectivity index (χ4v) is 3.60. The molecule has 29 heavy (non-hydrogen) atoms. The predicted octanol–water partition coefficient (Wildman–Crippen LogP) is 6.62. The topological polar surface area (TPSA) is 76.0 Å². The second kappa shape index (κ2) is 14.3. The van der Waals surface area contributed by atoms with Gasteiger partial charge in [-0.1, -0.05) is 59.8 Å². The Bertz CT molecular complexity index is 624. The lowest BCUT2D eigenvalue weighted by Crippen LogP contribution is -2.13. The summed E-state index contributed by atoms with van der Waals surface area (Å²) in [5.74, 6) is -1.19. The summed E-state index contributed by atoms with van der Waals surface area (Å²) in [6, 6.07) is 0. The highest BCUT2D eigenvalue weighted by atomic mass is 17.2. The van der Waals surface area contributed by atoms with Crippen molar-refractivity contribution >= 4 is 5.97 Å². The monoisotopic (exact) mass is 408 g/mol. The van der Waals surface area contributed by atoms with Crippen molar-refractivity contribution in [3.8, 4) is 11.5 Å². The third kappa shape index (κ3) is 7.54. The van der Waals surface area contributed by atoms with Crippen LogP contribution in [0.25, 0.3) is 0 Å². The Labute approximate surface area is 176 Å². The molecule has 0 heterocycles. The Morgan fingerprint density at radius 2 is 1.28 bits per heavy atom. The van der Waals surface area contributed by atoms with E-state index in [2.05, 4.69) is 27.7 Å². The average molecular weight is 409 g/mol. The van der Waals surface area contributed by atoms with Gasteiger partial charge in [-0.25, -0.2) is 4.79 Å². The first kappa shape index (κ1) is 25.3. The Morgan fingerprint density at radius 1 is 0.759 bits per heavy atom. The Balaban J connectivity index is 3.47. The quantitative estimate of drug-likeness (QED) is 0.183. The van der Waals surface area contributed by atoms with E-state index < -0.39 is 5.97 Å². The van der Waals surface area contributed by atoms with Gasteiger partial charge in [0.25, 0.3) is 0 Å². The van der Waals surface area contributed by atoms with Crippen LogP contribution in [0.5, 0.6) is 11.5 Å². The van der Waals surface area contributed by atoms with Crippen LogP contribution < -0.4 is 4.89 Å². The zero-order valence-corrected chi connectivity index (χ0v) is 18.8. The van der Waals surface area contributed by atoms with Crippen molar-refractivity contribution in [3.05, 3.63) is 22.3 Å². The summed E-state index contributed by atoms with van der Waals surface area (Å²) in [5, 5.41) is 20.8. The number of rotatable bonds is 16. The second-order valence-corrected chi connectivity index (χ2v) is 7.72. The Kier molecular flexibility index (Phi) is 12.4. The van der Waals surface area contributed by atoms with Gasteiger partial charge in [0.1, 0.15) is 5.56 Å². The van der Waals surface area contributed by atoms with Gasteiger partial charge in [-0.05, 0) is 56.1 Å². The number of carboxylic acid groups (broad SMARTS) is 1. The van der Waals surface area contributed by atoms with Crippen molar-refractivity contribution < 1.29 is 24.8 Å². The highest BCUT2D eigenvalue weighted by molar-refractivity contribution is 5.94. The number of benzene rings is 1. The normalized spacial score (nSPS) is 11.0. The maximum atomic E-state index is 12.1. The zero-order valence-electron chi connectivity index (χ0n) is 18.8. The van der Waals surface area contributed by atoms with E-state index in [1.54, 1.807) is 0 Å². The lowest BCUT2D eigenvalue weighted by Gasteiger charge is -2.22. The Morgan fingerprint density at radius 3 is 1.79 bits per heavy atom. The maximum Gasteiger partial charge on any atom is 0.339 e. The average Bonchev–Trinajstić information content (AvgIpc) is 2.70. The number of hydrogen-bond donors (Lipinski definition) is 2. The number of hydrogen-bond acceptors (Lipinski definition) is 4. The van der Waals surface area contributed by atoms with Gasteiger partial charge in [-0.2, -0.15) is 4.89 Å². The standard InChI is InChI=1S/C24H40O5/c1-5-9-13-17-28-29-23-20(16-12-8-4)18(14-10-6-2)19(15-11-7-3)21(22(23)25)24(26)27/h25H,5-17H2,1-4H3,(H,26,27). The summed E-state index contributed by atoms with van der Waals surface area (Å²) in [7, 11) is 0. The van der Waals surface area contributed by atoms with Crippen molar-refractivity contribution in [3.63, 3.8) is 0 Å². The maximum absolute atomic E-state index is 12.1. The first-order valence-electron chi connectivity index (χ1n) is 11.4. The minimum Gasteiger partial charge on any atom is -0.504 e. The van der Waals surface area contributed by atoms with Crippen molar-refractivity contribution in [2.24, 2.45) is 0 Å². The second-order valence-electron chi connectivity index (χ2n) is 7.72. The number of aromatic hydroxyl groups is 1. The molecule has 0 aliphatic rings. The van der Waals surface area contributed by atoms with Gasteiger partial charge in [0.2, 0.25) is 5.75 Å². The highest BCUT2D eigenvalue weighted by Gasteiger charge is 2.28. The van der Waals surface area contributed by atoms with Crippen molar-refractivity contribution in [2.75, 3.05) is 6.61 Å². The minimum absolute atomic E-state index is 0.0167. The molecule has 0 spiro atoms. The van der Waals surface area contributed by atoms with Crippen LogP contribution in [0, 0.1) is 0 Å². The van der Waals surface area contributed by atoms with Crippen LogP contribution in [0.1, 0.15) is 113 Å². The molecule has 0 radical (unpaired) electrons. The van der Waals surface area contributed by atoms with Gasteiger partial charge in [-0.15, -0.1) is 0 Å². The van der Waals surface area contributed by atoms with Gasteiger partial charge in [0.15, 0.2) is 5.75 Å². The molecule has 1 aromatic carbocycles. The highest BCUT2D eigenvalue weighted by Crippen LogP contribution is 2.42. The summed E-state index contributed by atoms with van der Waals surface area (Å²) in [4.78, 5) is 23.0. The summed E-state index contributed by atoms with van der Waals surface area (Å²) in [5.41, 5.74) is 2.71. The van der Waals surface area contributed by atoms with E-state index >= 15 is 0 Å². The zero-order chi connectivity index (χ0) is 21.6. The van der Waals surface area contributed by atoms with Crippen LogP contribution in [-0.4, -0.2) is 22.8 Å². The van der Waals surface area contributed by atoms with Crippen molar-refractivity contribution in [2.45, 2.75) is 105 Å². The minimum atomic E-state index is -1.11. The number of carbonyl (C=O) groups is 1. The number of unbranched alkanes of at least 4 members (excludes halogenated alkanes) is 5. The van der Waals surface area contributed by atoms with Gasteiger partial charge in [0.05, 0.1) is 6.61 Å². The van der Waals surface area contributed by atoms with E-state index in [0.29, 0.717) is 13.0 Å². The van der Waals surface area contributed by atoms with E-state index in [0.717, 1.165) is 87.3 Å². The SMILES string of the molecule is CCCCCOOc1c(O)c(C(=O)O)c(CCCC)c(CCCC)c1CCCC. The van der Waals surface area contributed by atoms with E-state index in [1.807, 2.05) is 0 Å². The largest absolute Gasteiger partial charge is 0.504 e. The summed E-state index contributed by atoms with van der Waals surface area (Å²) >= 11 is 0. The third-order valence-corrected chi connectivity index (χ3v) is 5.28. The van der Waals surface area contributed by atoms with Crippen LogP contribution in [0.4, 0.5) is 0 Å². The predicted molar refractivity (Wildman–Crippen MR) is 117 cm³/mol. The molecule has 0 atom stereocenters. The molecule has 0 unspecified atom stereocenters. The first-order valence-corrected chi connectivity index (χ1v) is 11.4. The number of phenols is 1. The van der Waals surface area contributed by atoms with Crippen LogP contribution in [-0.2, 0) is 24.2 Å². The third-order valence-electron chi connectivity index (χ3n) is 5.28. The van der Waals surface area contributed by atoms with E-state index in [4.69, 9.17) is 9.78 Å². The molecular weight excluding hydrogens is 368 g/mol. The molecule has 0 aliphatic carbocycles. The fraction of sp³-hybridized carbons (Fsp3) is 0.708. The molecule has 0 aliphatic heterocycles. The van der Waals surface area contributed by atoms with Crippen LogP contribution >= 0.6 is 0 Å². The first-order chi connectivity index (χ1) is 14.0. The lowest BCUT2D eigenvalue weighted by atomic mass is 9.86. The van der Waals surface area contributed by atoms with Crippen molar-refractivity contribution in [1.29, 1.82) is 0 Å². The Hall–Kier alpha value is -1.75. The molecule has 166 valence electrons. The fourth-order valence-electron chi connectivity index (χ4n) is 3.60. The van der Waals surface area contributed by atoms with Gasteiger partial charge >= 0.3 is 5.97 Å².